The van der Waals surface area contributed by atoms with Crippen LogP contribution in [0.15, 0.2) is 35.4 Å². The summed E-state index contributed by atoms with van der Waals surface area (Å²) < 4.78 is 1.99. The minimum absolute atomic E-state index is 0.119. The van der Waals surface area contributed by atoms with Gasteiger partial charge in [-0.1, -0.05) is 57.7 Å². The highest BCUT2D eigenvalue weighted by Crippen LogP contribution is 2.39. The Morgan fingerprint density at radius 2 is 2.00 bits per heavy atom. The molecule has 0 N–H and O–H groups in total. The van der Waals surface area contributed by atoms with Crippen LogP contribution < -0.4 is 0 Å². The monoisotopic (exact) mass is 485 g/mol. The van der Waals surface area contributed by atoms with Gasteiger partial charge in [-0.05, 0) is 86.0 Å². The van der Waals surface area contributed by atoms with Crippen molar-refractivity contribution in [3.8, 4) is 6.07 Å². The number of pyridine rings is 1. The number of thioether (sulfide) groups is 1. The second-order valence-corrected chi connectivity index (χ2v) is 12.4. The Balaban J connectivity index is 1.48. The number of rotatable bonds is 4. The van der Waals surface area contributed by atoms with Crippen molar-refractivity contribution in [2.24, 2.45) is 11.3 Å². The van der Waals surface area contributed by atoms with E-state index in [4.69, 9.17) is 4.98 Å². The first-order valence-corrected chi connectivity index (χ1v) is 13.9. The summed E-state index contributed by atoms with van der Waals surface area (Å²) in [5.74, 6) is 0.716. The molecule has 0 amide bonds. The lowest BCUT2D eigenvalue weighted by Crippen LogP contribution is -2.28. The van der Waals surface area contributed by atoms with Gasteiger partial charge in [0, 0.05) is 16.8 Å². The zero-order chi connectivity index (χ0) is 24.7. The van der Waals surface area contributed by atoms with E-state index in [1.54, 1.807) is 0 Å². The summed E-state index contributed by atoms with van der Waals surface area (Å²) in [6, 6.07) is 12.7. The van der Waals surface area contributed by atoms with Gasteiger partial charge in [0.25, 0.3) is 0 Å². The Morgan fingerprint density at radius 1 is 1.23 bits per heavy atom. The van der Waals surface area contributed by atoms with Crippen LogP contribution >= 0.6 is 11.8 Å². The molecule has 0 aliphatic heterocycles. The van der Waals surface area contributed by atoms with E-state index in [0.717, 1.165) is 49.7 Å². The average Bonchev–Trinajstić information content (AvgIpc) is 3.20. The fraction of sp³-hybridized carbons (Fsp3) is 0.500. The minimum atomic E-state index is -0.277. The molecule has 2 unspecified atom stereocenters. The van der Waals surface area contributed by atoms with Crippen molar-refractivity contribution in [3.05, 3.63) is 58.4 Å². The first kappa shape index (κ1) is 24.1. The van der Waals surface area contributed by atoms with Crippen LogP contribution in [0.5, 0.6) is 0 Å². The van der Waals surface area contributed by atoms with Crippen LogP contribution in [0.3, 0.4) is 0 Å². The fourth-order valence-electron chi connectivity index (χ4n) is 5.89. The Kier molecular flexibility index (Phi) is 6.53. The Labute approximate surface area is 213 Å². The predicted molar refractivity (Wildman–Crippen MR) is 143 cm³/mol. The maximum Gasteiger partial charge on any atom is 0.244 e. The van der Waals surface area contributed by atoms with Crippen LogP contribution in [-0.2, 0) is 25.7 Å². The molecule has 0 saturated heterocycles. The van der Waals surface area contributed by atoms with Gasteiger partial charge in [0.1, 0.15) is 11.1 Å². The number of carbonyl (C=O) groups is 1. The van der Waals surface area contributed by atoms with Gasteiger partial charge in [0.05, 0.1) is 16.3 Å². The normalized spacial score (nSPS) is 18.5. The van der Waals surface area contributed by atoms with E-state index in [1.165, 1.54) is 40.4 Å². The number of hydrogen-bond donors (Lipinski definition) is 0. The van der Waals surface area contributed by atoms with E-state index in [0.29, 0.717) is 22.9 Å². The van der Waals surface area contributed by atoms with Crippen LogP contribution in [-0.4, -0.2) is 20.7 Å². The summed E-state index contributed by atoms with van der Waals surface area (Å²) in [6.07, 6.45) is 8.04. The molecule has 5 heteroatoms. The minimum Gasteiger partial charge on any atom is -0.283 e. The lowest BCUT2D eigenvalue weighted by Gasteiger charge is -2.34. The summed E-state index contributed by atoms with van der Waals surface area (Å²) in [6.45, 7) is 8.96. The van der Waals surface area contributed by atoms with Crippen molar-refractivity contribution < 1.29 is 4.79 Å². The highest BCUT2D eigenvalue weighted by atomic mass is 32.2. The van der Waals surface area contributed by atoms with Crippen LogP contribution in [0.2, 0.25) is 0 Å². The molecule has 0 saturated carbocycles. The zero-order valence-corrected chi connectivity index (χ0v) is 22.2. The van der Waals surface area contributed by atoms with Crippen LogP contribution in [0.25, 0.3) is 10.9 Å². The molecule has 2 atom stereocenters. The first-order valence-electron chi connectivity index (χ1n) is 13.1. The highest BCUT2D eigenvalue weighted by Gasteiger charge is 2.32. The molecule has 0 fully saturated rings. The third kappa shape index (κ3) is 4.42. The van der Waals surface area contributed by atoms with Crippen molar-refractivity contribution in [2.45, 2.75) is 89.3 Å². The fourth-order valence-corrected chi connectivity index (χ4v) is 6.93. The molecule has 1 aromatic carbocycles. The Hall–Kier alpha value is -2.58. The lowest BCUT2D eigenvalue weighted by atomic mass is 9.71. The van der Waals surface area contributed by atoms with Crippen molar-refractivity contribution in [1.82, 2.24) is 9.55 Å². The van der Waals surface area contributed by atoms with Crippen molar-refractivity contribution in [1.29, 1.82) is 5.26 Å². The van der Waals surface area contributed by atoms with Gasteiger partial charge in [0.15, 0.2) is 0 Å². The van der Waals surface area contributed by atoms with Crippen LogP contribution in [0, 0.1) is 22.7 Å². The number of aromatic nitrogens is 2. The van der Waals surface area contributed by atoms with E-state index >= 15 is 0 Å². The van der Waals surface area contributed by atoms with Gasteiger partial charge in [-0.15, -0.1) is 0 Å². The summed E-state index contributed by atoms with van der Waals surface area (Å²) in [7, 11) is 0. The maximum absolute atomic E-state index is 14.0. The third-order valence-corrected chi connectivity index (χ3v) is 9.35. The lowest BCUT2D eigenvalue weighted by molar-refractivity contribution is 0.0910. The van der Waals surface area contributed by atoms with E-state index in [-0.39, 0.29) is 16.6 Å². The molecule has 5 rings (SSSR count). The maximum atomic E-state index is 14.0. The first-order chi connectivity index (χ1) is 16.8. The molecular formula is C30H35N3OS. The van der Waals surface area contributed by atoms with Gasteiger partial charge in [0.2, 0.25) is 5.91 Å². The number of aryl methyl sites for hydroxylation is 2. The van der Waals surface area contributed by atoms with Gasteiger partial charge in [-0.3, -0.25) is 9.36 Å². The number of benzene rings is 1. The summed E-state index contributed by atoms with van der Waals surface area (Å²) in [4.78, 5) is 19.0. The van der Waals surface area contributed by atoms with Gasteiger partial charge < -0.3 is 0 Å². The molecule has 3 aromatic rings. The number of nitriles is 1. The Morgan fingerprint density at radius 3 is 2.74 bits per heavy atom. The number of fused-ring (bicyclic) bond motifs is 4. The third-order valence-electron chi connectivity index (χ3n) is 8.00. The largest absolute Gasteiger partial charge is 0.283 e. The number of para-hydroxylation sites is 1. The molecule has 0 radical (unpaired) electrons. The molecule has 0 bridgehead atoms. The van der Waals surface area contributed by atoms with Gasteiger partial charge >= 0.3 is 0 Å². The molecule has 2 aromatic heterocycles. The molecule has 2 aliphatic rings. The second kappa shape index (κ2) is 9.47. The zero-order valence-electron chi connectivity index (χ0n) is 21.4. The van der Waals surface area contributed by atoms with E-state index in [9.17, 15) is 10.1 Å². The smallest absolute Gasteiger partial charge is 0.244 e. The van der Waals surface area contributed by atoms with Crippen molar-refractivity contribution >= 4 is 28.6 Å². The van der Waals surface area contributed by atoms with Gasteiger partial charge in [-0.25, -0.2) is 4.98 Å². The SMILES string of the molecule is CCC(Sc1nc2c(cc1C#N)CC(C(C)(C)C)CC2)C(=O)n1c2c(c3ccccc31)CCCC2. The van der Waals surface area contributed by atoms with Crippen LogP contribution in [0.4, 0.5) is 0 Å². The number of carbonyl (C=O) groups excluding carboxylic acids is 1. The highest BCUT2D eigenvalue weighted by molar-refractivity contribution is 8.00. The molecule has 4 nitrogen and oxygen atoms in total. The summed E-state index contributed by atoms with van der Waals surface area (Å²) >= 11 is 1.48. The summed E-state index contributed by atoms with van der Waals surface area (Å²) in [5.41, 5.74) is 6.73. The number of nitrogens with zero attached hydrogens (tertiary/aromatic N) is 3. The molecule has 35 heavy (non-hydrogen) atoms. The molecule has 0 spiro atoms. The average molecular weight is 486 g/mol. The predicted octanol–water partition coefficient (Wildman–Crippen LogP) is 7.15. The quantitative estimate of drug-likeness (QED) is 0.368. The number of hydrogen-bond acceptors (Lipinski definition) is 4. The molecule has 2 heterocycles. The molecule has 2 aliphatic carbocycles. The van der Waals surface area contributed by atoms with Gasteiger partial charge in [-0.2, -0.15) is 5.26 Å². The van der Waals surface area contributed by atoms with E-state index in [1.807, 2.05) is 16.7 Å². The van der Waals surface area contributed by atoms with E-state index in [2.05, 4.69) is 52.0 Å². The molecule has 182 valence electrons. The van der Waals surface area contributed by atoms with Crippen molar-refractivity contribution in [2.75, 3.05) is 0 Å². The summed E-state index contributed by atoms with van der Waals surface area (Å²) in [5, 5.41) is 11.6. The standard InChI is InChI=1S/C30H35N3OS/c1-5-27(29(34)33-25-12-8-6-10-22(25)23-11-7-9-13-26(23)33)35-28-20(18-31)16-19-17-21(30(2,3)4)14-15-24(19)32-28/h6,8,10,12,16,21,27H,5,7,9,11,13-15,17H2,1-4H3. The molecular weight excluding hydrogens is 450 g/mol. The van der Waals surface area contributed by atoms with Crippen molar-refractivity contribution in [3.63, 3.8) is 0 Å². The topological polar surface area (TPSA) is 58.7 Å². The van der Waals surface area contributed by atoms with Crippen LogP contribution in [0.1, 0.15) is 86.3 Å². The second-order valence-electron chi connectivity index (χ2n) is 11.2. The van der Waals surface area contributed by atoms with E-state index < -0.39 is 0 Å². The Bertz CT molecular complexity index is 1320.